The van der Waals surface area contributed by atoms with Crippen LogP contribution < -0.4 is 15.8 Å². The lowest BCUT2D eigenvalue weighted by atomic mass is 10.0. The number of carbonyl (C=O) groups excluding carboxylic acids is 1. The lowest BCUT2D eigenvalue weighted by Crippen LogP contribution is -2.30. The number of fused-ring (bicyclic) bond motifs is 1. The monoisotopic (exact) mass is 613 g/mol. The van der Waals surface area contributed by atoms with Gasteiger partial charge in [0.15, 0.2) is 11.5 Å². The highest BCUT2D eigenvalue weighted by molar-refractivity contribution is 9.10. The molecule has 0 atom stereocenters. The Bertz CT molecular complexity index is 1580. The average molecular weight is 614 g/mol. The molecule has 0 radical (unpaired) electrons. The number of benzene rings is 1. The van der Waals surface area contributed by atoms with Gasteiger partial charge in [-0.05, 0) is 45.6 Å². The van der Waals surface area contributed by atoms with Gasteiger partial charge in [-0.3, -0.25) is 9.52 Å². The molecule has 4 rings (SSSR count). The molecule has 4 N–H and O–H groups in total. The third-order valence-corrected chi connectivity index (χ3v) is 7.84. The van der Waals surface area contributed by atoms with E-state index in [0.29, 0.717) is 45.4 Å². The lowest BCUT2D eigenvalue weighted by Gasteiger charge is -2.17. The number of nitrogens with zero attached hydrogens (tertiary/aromatic N) is 2. The third-order valence-electron chi connectivity index (χ3n) is 5.92. The summed E-state index contributed by atoms with van der Waals surface area (Å²) in [5.41, 5.74) is 2.91. The number of nitrogens with one attached hydrogen (secondary N) is 2. The van der Waals surface area contributed by atoms with E-state index in [1.807, 2.05) is 6.92 Å². The normalized spacial score (nSPS) is 12.2. The number of hydrogen-bond acceptors (Lipinski definition) is 6. The Morgan fingerprint density at radius 2 is 1.89 bits per heavy atom. The van der Waals surface area contributed by atoms with E-state index in [2.05, 4.69) is 26.2 Å². The quantitative estimate of drug-likeness (QED) is 0.250. The van der Waals surface area contributed by atoms with Crippen LogP contribution in [0.5, 0.6) is 0 Å². The number of sulfonamides is 1. The summed E-state index contributed by atoms with van der Waals surface area (Å²) in [4.78, 5) is 17.1. The van der Waals surface area contributed by atoms with Gasteiger partial charge in [0.25, 0.3) is 5.91 Å². The molecule has 0 bridgehead atoms. The predicted octanol–water partition coefficient (Wildman–Crippen LogP) is 5.21. The number of hydrogen-bond donors (Lipinski definition) is 3. The molecule has 0 saturated carbocycles. The zero-order valence-electron chi connectivity index (χ0n) is 20.2. The van der Waals surface area contributed by atoms with Crippen molar-refractivity contribution in [2.75, 3.05) is 17.5 Å². The number of imidazole rings is 1. The average Bonchev–Trinajstić information content (AvgIpc) is 3.32. The van der Waals surface area contributed by atoms with Crippen LogP contribution in [0.25, 0.3) is 22.3 Å². The van der Waals surface area contributed by atoms with Gasteiger partial charge in [0.05, 0.1) is 24.8 Å². The van der Waals surface area contributed by atoms with E-state index in [1.165, 1.54) is 37.8 Å². The molecule has 1 amide bonds. The minimum Gasteiger partial charge on any atom is -0.472 e. The van der Waals surface area contributed by atoms with Crippen molar-refractivity contribution >= 4 is 43.4 Å². The van der Waals surface area contributed by atoms with E-state index < -0.39 is 21.4 Å². The third kappa shape index (κ3) is 4.85. The van der Waals surface area contributed by atoms with E-state index in [9.17, 15) is 26.4 Å². The molecular weight excluding hydrogens is 591 g/mol. The first-order valence-electron chi connectivity index (χ1n) is 11.3. The maximum Gasteiger partial charge on any atom is 0.516 e. The standard InChI is InChI=1S/C24H23BrF3N5O4S/c1-3-6-18-31-22(29)21(23(34)30-2)33(18)11-15-13-9-10-37-12-16(13)20(25)19(15)14-7-4-5-8-17(14)32-38(35,36)24(26,27)28/h4-5,7-10,12,32H,3,6,11,29H2,1-2H3,(H,30,34). The molecule has 9 nitrogen and oxygen atoms in total. The van der Waals surface area contributed by atoms with Gasteiger partial charge in [0.1, 0.15) is 5.82 Å². The van der Waals surface area contributed by atoms with Gasteiger partial charge in [0, 0.05) is 34.6 Å². The first-order valence-corrected chi connectivity index (χ1v) is 13.6. The Labute approximate surface area is 224 Å². The summed E-state index contributed by atoms with van der Waals surface area (Å²) in [6.45, 7) is 2.00. The van der Waals surface area contributed by atoms with Crippen molar-refractivity contribution < 1.29 is 30.8 Å². The van der Waals surface area contributed by atoms with Crippen molar-refractivity contribution in [3.8, 4) is 22.3 Å². The number of para-hydroxylation sites is 1. The number of anilines is 2. The topological polar surface area (TPSA) is 132 Å². The van der Waals surface area contributed by atoms with Crippen molar-refractivity contribution in [3.63, 3.8) is 0 Å². The first-order chi connectivity index (χ1) is 17.9. The minimum atomic E-state index is -5.70. The fourth-order valence-electron chi connectivity index (χ4n) is 4.26. The molecule has 0 saturated heterocycles. The SMILES string of the molecule is CCCc1nc(N)c(C(=O)NC)n1Cc1c2ccocc-2c(Br)c1-c1ccccc1NS(=O)(=O)C(F)(F)F. The molecule has 38 heavy (non-hydrogen) atoms. The number of halogens is 4. The van der Waals surface area contributed by atoms with Crippen LogP contribution >= 0.6 is 15.9 Å². The summed E-state index contributed by atoms with van der Waals surface area (Å²) in [6.07, 6.45) is 4.12. The Balaban J connectivity index is 1.98. The van der Waals surface area contributed by atoms with Crippen LogP contribution in [0, 0.1) is 0 Å². The van der Waals surface area contributed by atoms with Crippen LogP contribution in [0.3, 0.4) is 0 Å². The molecule has 0 spiro atoms. The first kappa shape index (κ1) is 27.5. The van der Waals surface area contributed by atoms with Crippen LogP contribution in [0.2, 0.25) is 0 Å². The number of amides is 1. The second-order valence-corrected chi connectivity index (χ2v) is 10.8. The number of aromatic nitrogens is 2. The van der Waals surface area contributed by atoms with Crippen LogP contribution in [-0.4, -0.2) is 36.4 Å². The second kappa shape index (κ2) is 10.3. The number of alkyl halides is 3. The highest BCUT2D eigenvalue weighted by Crippen LogP contribution is 2.48. The summed E-state index contributed by atoms with van der Waals surface area (Å²) in [7, 11) is -4.24. The molecule has 0 unspecified atom stereocenters. The van der Waals surface area contributed by atoms with Gasteiger partial charge in [0.2, 0.25) is 0 Å². The summed E-state index contributed by atoms with van der Waals surface area (Å²) in [5.74, 6) is 0.131. The maximum atomic E-state index is 13.2. The largest absolute Gasteiger partial charge is 0.516 e. The molecule has 14 heteroatoms. The predicted molar refractivity (Wildman–Crippen MR) is 140 cm³/mol. The molecule has 2 aromatic rings. The molecule has 2 aliphatic rings. The fraction of sp³-hybridized carbons (Fsp3) is 0.250. The van der Waals surface area contributed by atoms with Gasteiger partial charge in [-0.2, -0.15) is 21.6 Å². The van der Waals surface area contributed by atoms with Crippen molar-refractivity contribution in [1.82, 2.24) is 14.9 Å². The number of nitrogen functional groups attached to an aromatic ring is 1. The molecular formula is C24H23BrF3N5O4S. The summed E-state index contributed by atoms with van der Waals surface area (Å²) < 4.78 is 72.7. The lowest BCUT2D eigenvalue weighted by molar-refractivity contribution is -0.0429. The van der Waals surface area contributed by atoms with E-state index >= 15 is 0 Å². The van der Waals surface area contributed by atoms with E-state index in [1.54, 1.807) is 21.4 Å². The molecule has 1 aliphatic heterocycles. The van der Waals surface area contributed by atoms with E-state index in [-0.39, 0.29) is 29.3 Å². The van der Waals surface area contributed by atoms with Crippen molar-refractivity contribution in [3.05, 3.63) is 64.4 Å². The highest BCUT2D eigenvalue weighted by atomic mass is 79.9. The Morgan fingerprint density at radius 1 is 1.18 bits per heavy atom. The highest BCUT2D eigenvalue weighted by Gasteiger charge is 2.46. The van der Waals surface area contributed by atoms with Crippen LogP contribution in [0.1, 0.15) is 35.2 Å². The number of nitrogens with two attached hydrogens (primary N) is 1. The molecule has 1 aromatic heterocycles. The fourth-order valence-corrected chi connectivity index (χ4v) is 5.60. The van der Waals surface area contributed by atoms with Gasteiger partial charge >= 0.3 is 15.5 Å². The smallest absolute Gasteiger partial charge is 0.472 e. The van der Waals surface area contributed by atoms with Crippen LogP contribution in [0.4, 0.5) is 24.7 Å². The van der Waals surface area contributed by atoms with E-state index in [4.69, 9.17) is 10.2 Å². The van der Waals surface area contributed by atoms with Crippen molar-refractivity contribution in [2.45, 2.75) is 31.8 Å². The second-order valence-electron chi connectivity index (χ2n) is 8.33. The Hall–Kier alpha value is -3.52. The molecule has 2 heterocycles. The molecule has 1 aliphatic carbocycles. The van der Waals surface area contributed by atoms with Crippen LogP contribution in [0.15, 0.2) is 51.7 Å². The maximum absolute atomic E-state index is 13.2. The Morgan fingerprint density at radius 3 is 2.55 bits per heavy atom. The van der Waals surface area contributed by atoms with Crippen LogP contribution in [-0.2, 0) is 23.0 Å². The van der Waals surface area contributed by atoms with E-state index in [0.717, 1.165) is 0 Å². The number of rotatable bonds is 8. The zero-order valence-corrected chi connectivity index (χ0v) is 22.6. The zero-order chi connectivity index (χ0) is 27.8. The summed E-state index contributed by atoms with van der Waals surface area (Å²) in [6, 6.07) is 7.42. The molecule has 1 aromatic carbocycles. The van der Waals surface area contributed by atoms with Crippen molar-refractivity contribution in [2.24, 2.45) is 0 Å². The van der Waals surface area contributed by atoms with Gasteiger partial charge in [-0.1, -0.05) is 25.1 Å². The van der Waals surface area contributed by atoms with Gasteiger partial charge in [-0.25, -0.2) is 4.98 Å². The van der Waals surface area contributed by atoms with Gasteiger partial charge < -0.3 is 20.0 Å². The summed E-state index contributed by atoms with van der Waals surface area (Å²) in [5, 5.41) is 2.55. The van der Waals surface area contributed by atoms with Gasteiger partial charge in [-0.15, -0.1) is 0 Å². The Kier molecular flexibility index (Phi) is 7.48. The van der Waals surface area contributed by atoms with Crippen molar-refractivity contribution in [1.29, 1.82) is 0 Å². The number of aryl methyl sites for hydroxylation is 1. The molecule has 0 fully saturated rings. The number of carbonyl (C=O) groups is 1. The minimum absolute atomic E-state index is 0.0395. The summed E-state index contributed by atoms with van der Waals surface area (Å²) >= 11 is 3.53. The molecule has 202 valence electrons.